The molecule has 1 aliphatic heterocycles. The monoisotopic (exact) mass is 308 g/mol. The fraction of sp³-hybridized carbons (Fsp3) is 0.562. The molecule has 0 N–H and O–H groups in total. The van der Waals surface area contributed by atoms with E-state index in [1.165, 1.54) is 6.26 Å². The minimum absolute atomic E-state index is 0.147. The number of carbonyl (C=O) groups excluding carboxylic acids is 1. The second-order valence-electron chi connectivity index (χ2n) is 6.12. The Labute approximate surface area is 125 Å². The molecule has 1 heterocycles. The molecule has 1 saturated carbocycles. The van der Waals surface area contributed by atoms with Crippen LogP contribution in [0.1, 0.15) is 37.2 Å². The average molecular weight is 308 g/mol. The predicted octanol–water partition coefficient (Wildman–Crippen LogP) is 2.34. The van der Waals surface area contributed by atoms with E-state index in [0.717, 1.165) is 24.2 Å². The van der Waals surface area contributed by atoms with Crippen LogP contribution in [-0.4, -0.2) is 32.3 Å². The molecule has 3 atom stereocenters. The lowest BCUT2D eigenvalue weighted by Gasteiger charge is -2.28. The molecule has 3 unspecified atom stereocenters. The van der Waals surface area contributed by atoms with E-state index in [1.54, 1.807) is 0 Å². The molecule has 0 bridgehead atoms. The number of sulfone groups is 1. The van der Waals surface area contributed by atoms with Gasteiger partial charge in [0, 0.05) is 17.7 Å². The van der Waals surface area contributed by atoms with Crippen molar-refractivity contribution in [3.8, 4) is 5.75 Å². The number of para-hydroxylation sites is 1. The summed E-state index contributed by atoms with van der Waals surface area (Å²) in [4.78, 5) is 12.8. The van der Waals surface area contributed by atoms with Crippen LogP contribution in [0, 0.1) is 5.92 Å². The summed E-state index contributed by atoms with van der Waals surface area (Å²) < 4.78 is 29.1. The molecule has 21 heavy (non-hydrogen) atoms. The molecule has 1 aromatic carbocycles. The first-order valence-electron chi connectivity index (χ1n) is 7.41. The fourth-order valence-corrected chi connectivity index (χ4v) is 4.65. The van der Waals surface area contributed by atoms with Gasteiger partial charge in [-0.15, -0.1) is 0 Å². The number of hydrogen-bond acceptors (Lipinski definition) is 4. The molecule has 1 aromatic rings. The smallest absolute Gasteiger partial charge is 0.150 e. The fourth-order valence-electron chi connectivity index (χ4n) is 3.47. The Hall–Kier alpha value is -1.36. The molecule has 0 amide bonds. The summed E-state index contributed by atoms with van der Waals surface area (Å²) in [6.07, 6.45) is 4.03. The van der Waals surface area contributed by atoms with E-state index in [1.807, 2.05) is 24.3 Å². The summed E-state index contributed by atoms with van der Waals surface area (Å²) >= 11 is 0. The molecular formula is C16H20O4S. The Morgan fingerprint density at radius 3 is 2.76 bits per heavy atom. The summed E-state index contributed by atoms with van der Waals surface area (Å²) in [5.74, 6) is 0.544. The number of hydrogen-bond donors (Lipinski definition) is 0. The van der Waals surface area contributed by atoms with Gasteiger partial charge in [-0.1, -0.05) is 24.6 Å². The standard InChI is InChI=1S/C16H20O4S/c1-21(18,19)12-6-4-5-11(9-12)16(17)14-10-20-15-8-3-2-7-13(14)15/h2-3,7-8,11-12,14H,4-6,9-10H2,1H3. The summed E-state index contributed by atoms with van der Waals surface area (Å²) in [7, 11) is -3.06. The maximum atomic E-state index is 12.8. The van der Waals surface area contributed by atoms with Gasteiger partial charge in [-0.05, 0) is 25.3 Å². The third kappa shape index (κ3) is 2.84. The zero-order chi connectivity index (χ0) is 15.0. The minimum atomic E-state index is -3.06. The number of Topliss-reactive ketones (excluding diaryl/α,β-unsaturated/α-hetero) is 1. The van der Waals surface area contributed by atoms with Crippen LogP contribution in [0.2, 0.25) is 0 Å². The number of rotatable bonds is 3. The predicted molar refractivity (Wildman–Crippen MR) is 80.3 cm³/mol. The zero-order valence-electron chi connectivity index (χ0n) is 12.1. The van der Waals surface area contributed by atoms with E-state index in [0.29, 0.717) is 19.4 Å². The highest BCUT2D eigenvalue weighted by molar-refractivity contribution is 7.91. The normalized spacial score (nSPS) is 28.7. The quantitative estimate of drug-likeness (QED) is 0.860. The van der Waals surface area contributed by atoms with Crippen molar-refractivity contribution in [2.75, 3.05) is 12.9 Å². The number of benzene rings is 1. The molecular weight excluding hydrogens is 288 g/mol. The highest BCUT2D eigenvalue weighted by atomic mass is 32.2. The van der Waals surface area contributed by atoms with E-state index in [9.17, 15) is 13.2 Å². The Morgan fingerprint density at radius 2 is 2.00 bits per heavy atom. The van der Waals surface area contributed by atoms with Gasteiger partial charge in [0.2, 0.25) is 0 Å². The van der Waals surface area contributed by atoms with Crippen LogP contribution < -0.4 is 4.74 Å². The summed E-state index contributed by atoms with van der Waals surface area (Å²) in [5, 5.41) is -0.363. The summed E-state index contributed by atoms with van der Waals surface area (Å²) in [5.41, 5.74) is 0.948. The molecule has 4 nitrogen and oxygen atoms in total. The zero-order valence-corrected chi connectivity index (χ0v) is 12.9. The van der Waals surface area contributed by atoms with Crippen molar-refractivity contribution in [3.63, 3.8) is 0 Å². The van der Waals surface area contributed by atoms with Crippen LogP contribution in [0.25, 0.3) is 0 Å². The number of carbonyl (C=O) groups is 1. The topological polar surface area (TPSA) is 60.4 Å². The molecule has 2 aliphatic rings. The highest BCUT2D eigenvalue weighted by Gasteiger charge is 2.38. The van der Waals surface area contributed by atoms with Gasteiger partial charge in [-0.2, -0.15) is 0 Å². The number of ether oxygens (including phenoxy) is 1. The Balaban J connectivity index is 1.77. The van der Waals surface area contributed by atoms with E-state index in [4.69, 9.17) is 4.74 Å². The molecule has 114 valence electrons. The lowest BCUT2D eigenvalue weighted by Crippen LogP contribution is -2.33. The Morgan fingerprint density at radius 1 is 1.24 bits per heavy atom. The molecule has 1 aliphatic carbocycles. The Bertz CT molecular complexity index is 650. The lowest BCUT2D eigenvalue weighted by molar-refractivity contribution is -0.125. The maximum absolute atomic E-state index is 12.8. The van der Waals surface area contributed by atoms with Crippen molar-refractivity contribution >= 4 is 15.6 Å². The van der Waals surface area contributed by atoms with E-state index in [2.05, 4.69) is 0 Å². The molecule has 0 radical (unpaired) electrons. The minimum Gasteiger partial charge on any atom is -0.492 e. The van der Waals surface area contributed by atoms with Gasteiger partial charge in [0.15, 0.2) is 0 Å². The lowest BCUT2D eigenvalue weighted by atomic mass is 9.80. The summed E-state index contributed by atoms with van der Waals surface area (Å²) in [6.45, 7) is 0.387. The van der Waals surface area contributed by atoms with Crippen molar-refractivity contribution in [3.05, 3.63) is 29.8 Å². The van der Waals surface area contributed by atoms with Crippen molar-refractivity contribution in [2.24, 2.45) is 5.92 Å². The van der Waals surface area contributed by atoms with Gasteiger partial charge in [0.25, 0.3) is 0 Å². The van der Waals surface area contributed by atoms with E-state index >= 15 is 0 Å². The van der Waals surface area contributed by atoms with Gasteiger partial charge in [-0.25, -0.2) is 8.42 Å². The van der Waals surface area contributed by atoms with Crippen molar-refractivity contribution in [1.29, 1.82) is 0 Å². The molecule has 0 aromatic heterocycles. The molecule has 3 rings (SSSR count). The first-order chi connectivity index (χ1) is 9.97. The first kappa shape index (κ1) is 14.6. The molecule has 1 fully saturated rings. The van der Waals surface area contributed by atoms with E-state index < -0.39 is 9.84 Å². The SMILES string of the molecule is CS(=O)(=O)C1CCCC(C(=O)C2COc3ccccc32)C1. The van der Waals surface area contributed by atoms with Gasteiger partial charge in [-0.3, -0.25) is 4.79 Å². The molecule has 0 saturated heterocycles. The second kappa shape index (κ2) is 5.44. The number of fused-ring (bicyclic) bond motifs is 1. The van der Waals surface area contributed by atoms with Crippen LogP contribution in [0.5, 0.6) is 5.75 Å². The molecule has 5 heteroatoms. The van der Waals surface area contributed by atoms with Crippen LogP contribution in [0.4, 0.5) is 0 Å². The maximum Gasteiger partial charge on any atom is 0.150 e. The van der Waals surface area contributed by atoms with Crippen LogP contribution in [0.15, 0.2) is 24.3 Å². The van der Waals surface area contributed by atoms with Gasteiger partial charge in [0.1, 0.15) is 28.0 Å². The van der Waals surface area contributed by atoms with Gasteiger partial charge >= 0.3 is 0 Å². The van der Waals surface area contributed by atoms with Crippen LogP contribution >= 0.6 is 0 Å². The van der Waals surface area contributed by atoms with E-state index in [-0.39, 0.29) is 22.9 Å². The van der Waals surface area contributed by atoms with Crippen molar-refractivity contribution in [1.82, 2.24) is 0 Å². The van der Waals surface area contributed by atoms with Crippen LogP contribution in [0.3, 0.4) is 0 Å². The summed E-state index contributed by atoms with van der Waals surface area (Å²) in [6, 6.07) is 7.62. The third-order valence-electron chi connectivity index (χ3n) is 4.68. The third-order valence-corrected chi connectivity index (χ3v) is 6.32. The Kier molecular flexibility index (Phi) is 3.78. The first-order valence-corrected chi connectivity index (χ1v) is 9.36. The highest BCUT2D eigenvalue weighted by Crippen LogP contribution is 2.39. The average Bonchev–Trinajstić information content (AvgIpc) is 2.90. The van der Waals surface area contributed by atoms with Crippen molar-refractivity contribution < 1.29 is 17.9 Å². The second-order valence-corrected chi connectivity index (χ2v) is 8.44. The largest absolute Gasteiger partial charge is 0.492 e. The van der Waals surface area contributed by atoms with Gasteiger partial charge in [0.05, 0.1) is 11.2 Å². The molecule has 0 spiro atoms. The number of ketones is 1. The van der Waals surface area contributed by atoms with Crippen LogP contribution in [-0.2, 0) is 14.6 Å². The van der Waals surface area contributed by atoms with Crippen molar-refractivity contribution in [2.45, 2.75) is 36.9 Å². The van der Waals surface area contributed by atoms with Gasteiger partial charge < -0.3 is 4.74 Å².